The van der Waals surface area contributed by atoms with E-state index < -0.39 is 0 Å². The highest BCUT2D eigenvalue weighted by atomic mass is 16.5. The van der Waals surface area contributed by atoms with Crippen LogP contribution in [-0.2, 0) is 20.7 Å². The lowest BCUT2D eigenvalue weighted by molar-refractivity contribution is -0.139. The molecule has 1 aromatic carbocycles. The first-order chi connectivity index (χ1) is 13.1. The summed E-state index contributed by atoms with van der Waals surface area (Å²) in [5.74, 6) is 0.396. The molecular formula is C21H31N3O3. The molecule has 2 aliphatic heterocycles. The molecule has 0 spiro atoms. The molecule has 27 heavy (non-hydrogen) atoms. The first kappa shape index (κ1) is 19.8. The lowest BCUT2D eigenvalue weighted by atomic mass is 10.0. The molecule has 2 aliphatic rings. The maximum atomic E-state index is 12.5. The lowest BCUT2D eigenvalue weighted by Gasteiger charge is -2.35. The van der Waals surface area contributed by atoms with E-state index in [1.165, 1.54) is 11.1 Å². The van der Waals surface area contributed by atoms with Crippen molar-refractivity contribution in [3.63, 3.8) is 0 Å². The van der Waals surface area contributed by atoms with Gasteiger partial charge in [-0.3, -0.25) is 14.5 Å². The molecule has 2 saturated heterocycles. The van der Waals surface area contributed by atoms with Crippen molar-refractivity contribution in [2.24, 2.45) is 0 Å². The van der Waals surface area contributed by atoms with Gasteiger partial charge in [-0.1, -0.05) is 24.3 Å². The highest BCUT2D eigenvalue weighted by molar-refractivity contribution is 5.78. The van der Waals surface area contributed by atoms with Crippen molar-refractivity contribution in [3.05, 3.63) is 35.4 Å². The summed E-state index contributed by atoms with van der Waals surface area (Å²) in [6, 6.07) is 8.22. The van der Waals surface area contributed by atoms with Gasteiger partial charge in [0.2, 0.25) is 11.8 Å². The van der Waals surface area contributed by atoms with Crippen molar-refractivity contribution in [2.45, 2.75) is 26.2 Å². The van der Waals surface area contributed by atoms with Crippen molar-refractivity contribution in [3.8, 4) is 0 Å². The maximum absolute atomic E-state index is 12.5. The maximum Gasteiger partial charge on any atom is 0.223 e. The first-order valence-electron chi connectivity index (χ1n) is 10.0. The zero-order valence-corrected chi connectivity index (χ0v) is 16.4. The van der Waals surface area contributed by atoms with Crippen LogP contribution in [0.4, 0.5) is 0 Å². The Kier molecular flexibility index (Phi) is 7.24. The summed E-state index contributed by atoms with van der Waals surface area (Å²) in [5.41, 5.74) is 2.48. The van der Waals surface area contributed by atoms with Crippen LogP contribution in [0.5, 0.6) is 0 Å². The predicted molar refractivity (Wildman–Crippen MR) is 105 cm³/mol. The zero-order valence-electron chi connectivity index (χ0n) is 16.4. The summed E-state index contributed by atoms with van der Waals surface area (Å²) in [7, 11) is 0. The van der Waals surface area contributed by atoms with Crippen LogP contribution < -0.4 is 0 Å². The van der Waals surface area contributed by atoms with Crippen LogP contribution in [0.2, 0.25) is 0 Å². The van der Waals surface area contributed by atoms with Gasteiger partial charge >= 0.3 is 0 Å². The van der Waals surface area contributed by atoms with Crippen molar-refractivity contribution in [1.29, 1.82) is 0 Å². The summed E-state index contributed by atoms with van der Waals surface area (Å²) in [4.78, 5) is 31.0. The molecule has 0 radical (unpaired) electrons. The smallest absolute Gasteiger partial charge is 0.223 e. The Morgan fingerprint density at radius 3 is 2.11 bits per heavy atom. The number of benzene rings is 1. The third-order valence-corrected chi connectivity index (χ3v) is 5.60. The molecule has 6 nitrogen and oxygen atoms in total. The third-order valence-electron chi connectivity index (χ3n) is 5.60. The molecule has 0 aliphatic carbocycles. The number of amides is 2. The lowest BCUT2D eigenvalue weighted by Crippen LogP contribution is -2.51. The standard InChI is InChI=1S/C21H31N3O3/c1-18-4-2-3-5-19(18)6-7-20(25)23-10-12-24(13-11-23)21(26)8-9-22-14-16-27-17-15-22/h2-5H,6-17H2,1H3. The second-order valence-electron chi connectivity index (χ2n) is 7.39. The van der Waals surface area contributed by atoms with E-state index in [-0.39, 0.29) is 11.8 Å². The predicted octanol–water partition coefficient (Wildman–Crippen LogP) is 1.32. The zero-order chi connectivity index (χ0) is 19.1. The monoisotopic (exact) mass is 373 g/mol. The number of rotatable bonds is 6. The van der Waals surface area contributed by atoms with Crippen molar-refractivity contribution >= 4 is 11.8 Å². The number of carbonyl (C=O) groups excluding carboxylic acids is 2. The molecule has 2 fully saturated rings. The Morgan fingerprint density at radius 2 is 1.48 bits per heavy atom. The number of hydrogen-bond acceptors (Lipinski definition) is 4. The summed E-state index contributed by atoms with van der Waals surface area (Å²) in [6.45, 7) is 8.84. The largest absolute Gasteiger partial charge is 0.379 e. The quantitative estimate of drug-likeness (QED) is 0.755. The van der Waals surface area contributed by atoms with Crippen LogP contribution in [0.25, 0.3) is 0 Å². The minimum atomic E-state index is 0.193. The second-order valence-corrected chi connectivity index (χ2v) is 7.39. The van der Waals surface area contributed by atoms with Gasteiger partial charge in [-0.2, -0.15) is 0 Å². The molecular weight excluding hydrogens is 342 g/mol. The Balaban J connectivity index is 1.37. The number of hydrogen-bond donors (Lipinski definition) is 0. The fraction of sp³-hybridized carbons (Fsp3) is 0.619. The van der Waals surface area contributed by atoms with E-state index in [4.69, 9.17) is 4.74 Å². The molecule has 1 aromatic rings. The number of ether oxygens (including phenoxy) is 1. The number of morpholine rings is 1. The Hall–Kier alpha value is -1.92. The first-order valence-corrected chi connectivity index (χ1v) is 10.0. The fourth-order valence-corrected chi connectivity index (χ4v) is 3.73. The highest BCUT2D eigenvalue weighted by Gasteiger charge is 2.24. The van der Waals surface area contributed by atoms with Gasteiger partial charge in [0.25, 0.3) is 0 Å². The SMILES string of the molecule is Cc1ccccc1CCC(=O)N1CCN(C(=O)CCN2CCOCC2)CC1. The van der Waals surface area contributed by atoms with Crippen molar-refractivity contribution in [2.75, 3.05) is 59.0 Å². The van der Waals surface area contributed by atoms with E-state index in [2.05, 4.69) is 24.0 Å². The number of nitrogens with zero attached hydrogens (tertiary/aromatic N) is 3. The van der Waals surface area contributed by atoms with E-state index in [1.54, 1.807) is 0 Å². The summed E-state index contributed by atoms with van der Waals surface area (Å²) in [6.07, 6.45) is 1.88. The van der Waals surface area contributed by atoms with Crippen LogP contribution in [0.15, 0.2) is 24.3 Å². The van der Waals surface area contributed by atoms with Gasteiger partial charge in [-0.15, -0.1) is 0 Å². The summed E-state index contributed by atoms with van der Waals surface area (Å²) >= 11 is 0. The van der Waals surface area contributed by atoms with Gasteiger partial charge in [-0.05, 0) is 24.5 Å². The van der Waals surface area contributed by atoms with Crippen LogP contribution in [0.1, 0.15) is 24.0 Å². The van der Waals surface area contributed by atoms with Gasteiger partial charge in [0.1, 0.15) is 0 Å². The third kappa shape index (κ3) is 5.78. The van der Waals surface area contributed by atoms with Crippen molar-refractivity contribution in [1.82, 2.24) is 14.7 Å². The number of aryl methyl sites for hydroxylation is 2. The van der Waals surface area contributed by atoms with Gasteiger partial charge in [0, 0.05) is 58.7 Å². The van der Waals surface area contributed by atoms with E-state index in [1.807, 2.05) is 21.9 Å². The second kappa shape index (κ2) is 9.85. The van der Waals surface area contributed by atoms with Gasteiger partial charge in [-0.25, -0.2) is 0 Å². The molecule has 148 valence electrons. The molecule has 3 rings (SSSR count). The summed E-state index contributed by atoms with van der Waals surface area (Å²) in [5, 5.41) is 0. The van der Waals surface area contributed by atoms with Crippen LogP contribution in [0, 0.1) is 6.92 Å². The van der Waals surface area contributed by atoms with E-state index in [0.29, 0.717) is 39.0 Å². The molecule has 0 N–H and O–H groups in total. The Morgan fingerprint density at radius 1 is 0.889 bits per heavy atom. The molecule has 6 heteroatoms. The van der Waals surface area contributed by atoms with Crippen molar-refractivity contribution < 1.29 is 14.3 Å². The Labute approximate surface area is 162 Å². The number of carbonyl (C=O) groups is 2. The van der Waals surface area contributed by atoms with Crippen LogP contribution in [0.3, 0.4) is 0 Å². The van der Waals surface area contributed by atoms with Crippen LogP contribution in [-0.4, -0.2) is 85.5 Å². The average Bonchev–Trinajstić information content (AvgIpc) is 2.72. The molecule has 2 heterocycles. The van der Waals surface area contributed by atoms with Gasteiger partial charge < -0.3 is 14.5 Å². The van der Waals surface area contributed by atoms with E-state index in [0.717, 1.165) is 39.3 Å². The minimum absolute atomic E-state index is 0.193. The minimum Gasteiger partial charge on any atom is -0.379 e. The Bertz CT molecular complexity index is 635. The molecule has 0 saturated carbocycles. The molecule has 2 amide bonds. The normalized spacial score (nSPS) is 18.6. The fourth-order valence-electron chi connectivity index (χ4n) is 3.73. The van der Waals surface area contributed by atoms with Gasteiger partial charge in [0.15, 0.2) is 0 Å². The van der Waals surface area contributed by atoms with E-state index >= 15 is 0 Å². The average molecular weight is 373 g/mol. The molecule has 0 aromatic heterocycles. The molecule has 0 atom stereocenters. The topological polar surface area (TPSA) is 53.1 Å². The number of piperazine rings is 1. The molecule has 0 unspecified atom stereocenters. The molecule has 0 bridgehead atoms. The van der Waals surface area contributed by atoms with E-state index in [9.17, 15) is 9.59 Å². The summed E-state index contributed by atoms with van der Waals surface area (Å²) < 4.78 is 5.34. The highest BCUT2D eigenvalue weighted by Crippen LogP contribution is 2.12. The van der Waals surface area contributed by atoms with Gasteiger partial charge in [0.05, 0.1) is 13.2 Å². The van der Waals surface area contributed by atoms with Crippen LogP contribution >= 0.6 is 0 Å².